The highest BCUT2D eigenvalue weighted by atomic mass is 32.1. The molecule has 3 heterocycles. The van der Waals surface area contributed by atoms with E-state index in [0.29, 0.717) is 32.8 Å². The van der Waals surface area contributed by atoms with Gasteiger partial charge in [-0.15, -0.1) is 11.3 Å². The number of carbonyl (C=O) groups excluding carboxylic acids is 2. The van der Waals surface area contributed by atoms with Crippen LogP contribution >= 0.6 is 11.3 Å². The number of urea groups is 1. The average Bonchev–Trinajstić information content (AvgIpc) is 3.11. The fraction of sp³-hybridized carbons (Fsp3) is 0.667. The Morgan fingerprint density at radius 3 is 2.96 bits per heavy atom. The van der Waals surface area contributed by atoms with Crippen molar-refractivity contribution in [1.29, 1.82) is 0 Å². The lowest BCUT2D eigenvalue weighted by Gasteiger charge is -2.35. The first-order valence-electron chi connectivity index (χ1n) is 7.75. The molecule has 3 amide bonds. The predicted molar refractivity (Wildman–Crippen MR) is 86.5 cm³/mol. The van der Waals surface area contributed by atoms with Crippen molar-refractivity contribution in [2.45, 2.75) is 38.8 Å². The molecule has 7 nitrogen and oxygen atoms in total. The summed E-state index contributed by atoms with van der Waals surface area (Å²) in [5.41, 5.74) is 1.06. The Labute approximate surface area is 139 Å². The lowest BCUT2D eigenvalue weighted by Crippen LogP contribution is -2.55. The molecule has 0 unspecified atom stereocenters. The fourth-order valence-electron chi connectivity index (χ4n) is 2.67. The highest BCUT2D eigenvalue weighted by Gasteiger charge is 2.38. The first-order chi connectivity index (χ1) is 10.8. The standard InChI is InChI=1S/C15H22N4O3S/c1-15(2,3)11-9-23-12(17-11)6-16-13(20)18-4-5-19-10(7-18)8-22-14(19)21/h9-10H,4-8H2,1-3H3,(H,16,20)/t10-/m1/s1. The molecule has 3 rings (SSSR count). The fourth-order valence-corrected chi connectivity index (χ4v) is 3.63. The number of fused-ring (bicyclic) bond motifs is 1. The third-order valence-electron chi connectivity index (χ3n) is 4.11. The molecule has 0 bridgehead atoms. The van der Waals surface area contributed by atoms with Gasteiger partial charge < -0.3 is 15.0 Å². The largest absolute Gasteiger partial charge is 0.447 e. The quantitative estimate of drug-likeness (QED) is 0.892. The molecule has 2 aliphatic rings. The number of aromatic nitrogens is 1. The normalized spacial score (nSPS) is 21.2. The number of ether oxygens (including phenoxy) is 1. The van der Waals surface area contributed by atoms with Gasteiger partial charge in [0.1, 0.15) is 11.6 Å². The summed E-state index contributed by atoms with van der Waals surface area (Å²) in [5, 5.41) is 5.86. The minimum absolute atomic E-state index is 0.0180. The first kappa shape index (κ1) is 16.0. The number of hydrogen-bond acceptors (Lipinski definition) is 5. The van der Waals surface area contributed by atoms with Crippen molar-refractivity contribution >= 4 is 23.5 Å². The molecular weight excluding hydrogens is 316 g/mol. The molecule has 0 saturated carbocycles. The molecule has 1 aromatic heterocycles. The molecule has 8 heteroatoms. The third-order valence-corrected chi connectivity index (χ3v) is 4.96. The van der Waals surface area contributed by atoms with Gasteiger partial charge in [-0.2, -0.15) is 0 Å². The molecular formula is C15H22N4O3S. The summed E-state index contributed by atoms with van der Waals surface area (Å²) in [7, 11) is 0. The highest BCUT2D eigenvalue weighted by Crippen LogP contribution is 2.24. The molecule has 0 spiro atoms. The SMILES string of the molecule is CC(C)(C)c1csc(CNC(=O)N2CCN3C(=O)OC[C@H]3C2)n1. The van der Waals surface area contributed by atoms with Crippen molar-refractivity contribution in [3.63, 3.8) is 0 Å². The van der Waals surface area contributed by atoms with Crippen LogP contribution in [0.5, 0.6) is 0 Å². The topological polar surface area (TPSA) is 74.8 Å². The van der Waals surface area contributed by atoms with Crippen LogP contribution in [0.25, 0.3) is 0 Å². The summed E-state index contributed by atoms with van der Waals surface area (Å²) < 4.78 is 5.01. The van der Waals surface area contributed by atoms with Gasteiger partial charge in [0, 0.05) is 30.4 Å². The molecule has 126 valence electrons. The zero-order valence-electron chi connectivity index (χ0n) is 13.7. The monoisotopic (exact) mass is 338 g/mol. The van der Waals surface area contributed by atoms with E-state index in [0.717, 1.165) is 10.7 Å². The Kier molecular flexibility index (Phi) is 4.18. The van der Waals surface area contributed by atoms with Crippen LogP contribution in [-0.2, 0) is 16.7 Å². The van der Waals surface area contributed by atoms with Crippen LogP contribution in [0.4, 0.5) is 9.59 Å². The summed E-state index contributed by atoms with van der Waals surface area (Å²) in [6.07, 6.45) is -0.271. The van der Waals surface area contributed by atoms with Gasteiger partial charge in [-0.05, 0) is 0 Å². The number of nitrogens with zero attached hydrogens (tertiary/aromatic N) is 3. The Bertz CT molecular complexity index is 610. The Morgan fingerprint density at radius 1 is 1.48 bits per heavy atom. The molecule has 1 N–H and O–H groups in total. The minimum atomic E-state index is -0.271. The summed E-state index contributed by atoms with van der Waals surface area (Å²) in [6.45, 7) is 8.73. The lowest BCUT2D eigenvalue weighted by molar-refractivity contribution is 0.127. The average molecular weight is 338 g/mol. The van der Waals surface area contributed by atoms with Gasteiger partial charge >= 0.3 is 12.1 Å². The number of carbonyl (C=O) groups is 2. The van der Waals surface area contributed by atoms with E-state index in [1.54, 1.807) is 21.1 Å². The van der Waals surface area contributed by atoms with Crippen LogP contribution in [0.15, 0.2) is 5.38 Å². The molecule has 0 aliphatic carbocycles. The van der Waals surface area contributed by atoms with Crippen LogP contribution in [0.2, 0.25) is 0 Å². The Morgan fingerprint density at radius 2 is 2.26 bits per heavy atom. The van der Waals surface area contributed by atoms with E-state index >= 15 is 0 Å². The van der Waals surface area contributed by atoms with Crippen molar-refractivity contribution in [3.05, 3.63) is 16.1 Å². The van der Waals surface area contributed by atoms with Crippen molar-refractivity contribution in [2.24, 2.45) is 0 Å². The number of nitrogens with one attached hydrogen (secondary N) is 1. The molecule has 0 radical (unpaired) electrons. The van der Waals surface area contributed by atoms with Gasteiger partial charge in [0.15, 0.2) is 0 Å². The second kappa shape index (κ2) is 5.99. The van der Waals surface area contributed by atoms with E-state index in [4.69, 9.17) is 4.74 Å². The molecule has 2 fully saturated rings. The van der Waals surface area contributed by atoms with Gasteiger partial charge in [-0.25, -0.2) is 14.6 Å². The number of amides is 3. The van der Waals surface area contributed by atoms with Crippen LogP contribution in [0, 0.1) is 0 Å². The Balaban J connectivity index is 1.52. The van der Waals surface area contributed by atoms with Crippen molar-refractivity contribution < 1.29 is 14.3 Å². The van der Waals surface area contributed by atoms with Gasteiger partial charge in [-0.3, -0.25) is 4.90 Å². The van der Waals surface area contributed by atoms with E-state index in [9.17, 15) is 9.59 Å². The summed E-state index contributed by atoms with van der Waals surface area (Å²) in [4.78, 5) is 31.8. The maximum Gasteiger partial charge on any atom is 0.410 e. The second-order valence-corrected chi connectivity index (χ2v) is 7.85. The van der Waals surface area contributed by atoms with Crippen molar-refractivity contribution in [2.75, 3.05) is 26.2 Å². The van der Waals surface area contributed by atoms with E-state index in [2.05, 4.69) is 31.1 Å². The van der Waals surface area contributed by atoms with E-state index < -0.39 is 0 Å². The molecule has 23 heavy (non-hydrogen) atoms. The zero-order chi connectivity index (χ0) is 16.6. The first-order valence-corrected chi connectivity index (χ1v) is 8.63. The summed E-state index contributed by atoms with van der Waals surface area (Å²) in [5.74, 6) is 0. The molecule has 0 aromatic carbocycles. The third kappa shape index (κ3) is 3.41. The van der Waals surface area contributed by atoms with Gasteiger partial charge in [0.2, 0.25) is 0 Å². The van der Waals surface area contributed by atoms with Crippen LogP contribution < -0.4 is 5.32 Å². The molecule has 1 atom stereocenters. The van der Waals surface area contributed by atoms with Gasteiger partial charge in [-0.1, -0.05) is 20.8 Å². The van der Waals surface area contributed by atoms with Gasteiger partial charge in [0.05, 0.1) is 18.3 Å². The maximum absolute atomic E-state index is 12.3. The number of cyclic esters (lactones) is 1. The molecule has 2 aliphatic heterocycles. The van der Waals surface area contributed by atoms with Crippen molar-refractivity contribution in [1.82, 2.24) is 20.1 Å². The minimum Gasteiger partial charge on any atom is -0.447 e. The van der Waals surface area contributed by atoms with Crippen LogP contribution in [0.1, 0.15) is 31.5 Å². The number of rotatable bonds is 2. The molecule has 1 aromatic rings. The Hall–Kier alpha value is -1.83. The summed E-state index contributed by atoms with van der Waals surface area (Å²) in [6, 6.07) is -0.133. The summed E-state index contributed by atoms with van der Waals surface area (Å²) >= 11 is 1.56. The van der Waals surface area contributed by atoms with Gasteiger partial charge in [0.25, 0.3) is 0 Å². The number of thiazole rings is 1. The van der Waals surface area contributed by atoms with Crippen LogP contribution in [-0.4, -0.2) is 59.2 Å². The molecule has 2 saturated heterocycles. The van der Waals surface area contributed by atoms with Crippen LogP contribution in [0.3, 0.4) is 0 Å². The highest BCUT2D eigenvalue weighted by molar-refractivity contribution is 7.09. The van der Waals surface area contributed by atoms with E-state index in [-0.39, 0.29) is 23.6 Å². The zero-order valence-corrected chi connectivity index (χ0v) is 14.5. The van der Waals surface area contributed by atoms with E-state index in [1.165, 1.54) is 0 Å². The van der Waals surface area contributed by atoms with E-state index in [1.807, 2.05) is 5.38 Å². The maximum atomic E-state index is 12.3. The number of piperazine rings is 1. The smallest absolute Gasteiger partial charge is 0.410 e. The predicted octanol–water partition coefficient (Wildman–Crippen LogP) is 1.79. The second-order valence-electron chi connectivity index (χ2n) is 6.91. The number of hydrogen-bond donors (Lipinski definition) is 1. The lowest BCUT2D eigenvalue weighted by atomic mass is 9.93. The van der Waals surface area contributed by atoms with Crippen molar-refractivity contribution in [3.8, 4) is 0 Å².